The van der Waals surface area contributed by atoms with Gasteiger partial charge < -0.3 is 25.1 Å². The van der Waals surface area contributed by atoms with Gasteiger partial charge in [-0.05, 0) is 43.7 Å². The minimum absolute atomic E-state index is 0.255. The highest BCUT2D eigenvalue weighted by atomic mass is 16.5. The third kappa shape index (κ3) is 4.55. The number of anilines is 2. The predicted octanol–water partition coefficient (Wildman–Crippen LogP) is 3.33. The lowest BCUT2D eigenvalue weighted by molar-refractivity contribution is 0.0599. The van der Waals surface area contributed by atoms with Gasteiger partial charge in [0.25, 0.3) is 11.8 Å². The van der Waals surface area contributed by atoms with E-state index < -0.39 is 11.9 Å². The van der Waals surface area contributed by atoms with Crippen LogP contribution in [0.5, 0.6) is 5.75 Å². The van der Waals surface area contributed by atoms with Crippen molar-refractivity contribution in [2.24, 2.45) is 0 Å². The fraction of sp³-hybridized carbons (Fsp3) is 0.182. The van der Waals surface area contributed by atoms with Gasteiger partial charge >= 0.3 is 5.97 Å². The summed E-state index contributed by atoms with van der Waals surface area (Å²) in [6, 6.07) is 8.15. The zero-order valence-corrected chi connectivity index (χ0v) is 17.5. The summed E-state index contributed by atoms with van der Waals surface area (Å²) in [6.45, 7) is 3.36. The number of aromatic amines is 1. The number of methoxy groups -OCH3 is 2. The number of carbonyl (C=O) groups excluding carboxylic acids is 3. The maximum Gasteiger partial charge on any atom is 0.339 e. The number of ether oxygens (including phenoxy) is 2. The predicted molar refractivity (Wildman–Crippen MR) is 115 cm³/mol. The number of hydrogen-bond acceptors (Lipinski definition) is 6. The molecule has 0 unspecified atom stereocenters. The summed E-state index contributed by atoms with van der Waals surface area (Å²) in [5.41, 5.74) is 2.92. The van der Waals surface area contributed by atoms with Gasteiger partial charge in [-0.15, -0.1) is 0 Å². The number of carbonyl (C=O) groups is 3. The molecule has 0 atom stereocenters. The van der Waals surface area contributed by atoms with Crippen LogP contribution in [0.4, 0.5) is 11.4 Å². The van der Waals surface area contributed by atoms with Crippen molar-refractivity contribution in [1.29, 1.82) is 0 Å². The quantitative estimate of drug-likeness (QED) is 0.524. The van der Waals surface area contributed by atoms with E-state index >= 15 is 0 Å². The van der Waals surface area contributed by atoms with Crippen LogP contribution >= 0.6 is 0 Å². The van der Waals surface area contributed by atoms with Gasteiger partial charge in [0.1, 0.15) is 11.4 Å². The van der Waals surface area contributed by atoms with Gasteiger partial charge in [0.05, 0.1) is 31.0 Å². The van der Waals surface area contributed by atoms with Crippen LogP contribution in [0.15, 0.2) is 42.7 Å². The molecule has 0 bridgehead atoms. The summed E-state index contributed by atoms with van der Waals surface area (Å²) in [5.74, 6) is -0.911. The molecule has 2 aromatic heterocycles. The van der Waals surface area contributed by atoms with Crippen molar-refractivity contribution in [1.82, 2.24) is 9.97 Å². The number of amides is 2. The SMILES string of the molecule is COC(=O)c1c(C)[nH]c(C(=O)Nc2ccc(NC(=O)c3cccnc3)c(OC)c2)c1C. The topological polar surface area (TPSA) is 122 Å². The molecule has 0 spiro atoms. The van der Waals surface area contributed by atoms with E-state index in [2.05, 4.69) is 20.6 Å². The Bertz CT molecular complexity index is 1140. The molecule has 0 saturated carbocycles. The second-order valence-corrected chi connectivity index (χ2v) is 6.68. The lowest BCUT2D eigenvalue weighted by atomic mass is 10.1. The number of nitrogens with one attached hydrogen (secondary N) is 3. The average molecular weight is 422 g/mol. The summed E-state index contributed by atoms with van der Waals surface area (Å²) in [7, 11) is 2.75. The second kappa shape index (κ2) is 9.12. The van der Waals surface area contributed by atoms with E-state index in [0.717, 1.165) is 0 Å². The number of pyridine rings is 1. The molecule has 0 aliphatic rings. The van der Waals surface area contributed by atoms with Crippen LogP contribution in [0.3, 0.4) is 0 Å². The molecule has 3 rings (SSSR count). The first-order valence-corrected chi connectivity index (χ1v) is 9.34. The van der Waals surface area contributed by atoms with Crippen LogP contribution in [-0.4, -0.2) is 42.0 Å². The first kappa shape index (κ1) is 21.6. The van der Waals surface area contributed by atoms with Crippen molar-refractivity contribution in [2.75, 3.05) is 24.9 Å². The summed E-state index contributed by atoms with van der Waals surface area (Å²) < 4.78 is 10.1. The Labute approximate surface area is 178 Å². The van der Waals surface area contributed by atoms with Crippen molar-refractivity contribution in [2.45, 2.75) is 13.8 Å². The van der Waals surface area contributed by atoms with Crippen LogP contribution in [0.2, 0.25) is 0 Å². The summed E-state index contributed by atoms with van der Waals surface area (Å²) in [5, 5.41) is 5.51. The highest BCUT2D eigenvalue weighted by molar-refractivity contribution is 6.08. The van der Waals surface area contributed by atoms with Gasteiger partial charge in [0.2, 0.25) is 0 Å². The Hall–Kier alpha value is -4.14. The van der Waals surface area contributed by atoms with Crippen molar-refractivity contribution >= 4 is 29.2 Å². The summed E-state index contributed by atoms with van der Waals surface area (Å²) in [6.07, 6.45) is 3.04. The van der Waals surface area contributed by atoms with Crippen molar-refractivity contribution in [3.05, 3.63) is 70.8 Å². The Balaban J connectivity index is 1.79. The van der Waals surface area contributed by atoms with Gasteiger partial charge in [-0.25, -0.2) is 4.79 Å². The number of rotatable bonds is 6. The van der Waals surface area contributed by atoms with Crippen LogP contribution < -0.4 is 15.4 Å². The Morgan fingerprint density at radius 2 is 1.81 bits per heavy atom. The highest BCUT2D eigenvalue weighted by Crippen LogP contribution is 2.29. The largest absolute Gasteiger partial charge is 0.494 e. The number of H-pyrrole nitrogens is 1. The Morgan fingerprint density at radius 3 is 2.45 bits per heavy atom. The minimum Gasteiger partial charge on any atom is -0.494 e. The number of benzene rings is 1. The van der Waals surface area contributed by atoms with E-state index in [1.165, 1.54) is 20.4 Å². The van der Waals surface area contributed by atoms with Crippen molar-refractivity contribution < 1.29 is 23.9 Å². The van der Waals surface area contributed by atoms with E-state index in [4.69, 9.17) is 9.47 Å². The van der Waals surface area contributed by atoms with Gasteiger partial charge in [-0.2, -0.15) is 0 Å². The molecule has 0 saturated heterocycles. The number of nitrogens with zero attached hydrogens (tertiary/aromatic N) is 1. The molecule has 0 aliphatic heterocycles. The van der Waals surface area contributed by atoms with Gasteiger partial charge in [0, 0.05) is 29.8 Å². The average Bonchev–Trinajstić information content (AvgIpc) is 3.08. The highest BCUT2D eigenvalue weighted by Gasteiger charge is 2.22. The minimum atomic E-state index is -0.513. The normalized spacial score (nSPS) is 10.3. The number of esters is 1. The second-order valence-electron chi connectivity index (χ2n) is 6.68. The molecule has 3 aromatic rings. The fourth-order valence-electron chi connectivity index (χ4n) is 3.14. The van der Waals surface area contributed by atoms with E-state index in [9.17, 15) is 14.4 Å². The lowest BCUT2D eigenvalue weighted by Crippen LogP contribution is -2.15. The summed E-state index contributed by atoms with van der Waals surface area (Å²) >= 11 is 0. The molecule has 2 heterocycles. The summed E-state index contributed by atoms with van der Waals surface area (Å²) in [4.78, 5) is 43.9. The molecule has 0 fully saturated rings. The Kier molecular flexibility index (Phi) is 6.35. The Morgan fingerprint density at radius 1 is 1.03 bits per heavy atom. The third-order valence-electron chi connectivity index (χ3n) is 4.69. The molecule has 3 N–H and O–H groups in total. The molecule has 2 amide bonds. The zero-order valence-electron chi connectivity index (χ0n) is 17.5. The maximum atomic E-state index is 12.7. The molecule has 31 heavy (non-hydrogen) atoms. The van der Waals surface area contributed by atoms with Gasteiger partial charge in [-0.1, -0.05) is 0 Å². The molecule has 0 aliphatic carbocycles. The van der Waals surface area contributed by atoms with E-state index in [1.54, 1.807) is 50.4 Å². The number of aryl methyl sites for hydroxylation is 1. The number of aromatic nitrogens is 2. The van der Waals surface area contributed by atoms with Crippen LogP contribution in [0, 0.1) is 13.8 Å². The molecule has 9 nitrogen and oxygen atoms in total. The molecule has 9 heteroatoms. The molecular weight excluding hydrogens is 400 g/mol. The van der Waals surface area contributed by atoms with Gasteiger partial charge in [-0.3, -0.25) is 14.6 Å². The smallest absolute Gasteiger partial charge is 0.339 e. The molecule has 160 valence electrons. The van der Waals surface area contributed by atoms with Crippen molar-refractivity contribution in [3.63, 3.8) is 0 Å². The monoisotopic (exact) mass is 422 g/mol. The molecule has 0 radical (unpaired) electrons. The zero-order chi connectivity index (χ0) is 22.5. The van der Waals surface area contributed by atoms with Crippen LogP contribution in [-0.2, 0) is 4.74 Å². The van der Waals surface area contributed by atoms with Crippen LogP contribution in [0.25, 0.3) is 0 Å². The van der Waals surface area contributed by atoms with E-state index in [1.807, 2.05) is 0 Å². The lowest BCUT2D eigenvalue weighted by Gasteiger charge is -2.13. The molecule has 1 aromatic carbocycles. The fourth-order valence-corrected chi connectivity index (χ4v) is 3.14. The first-order chi connectivity index (χ1) is 14.8. The van der Waals surface area contributed by atoms with Crippen molar-refractivity contribution in [3.8, 4) is 5.75 Å². The van der Waals surface area contributed by atoms with E-state index in [-0.39, 0.29) is 11.6 Å². The standard InChI is InChI=1S/C22H22N4O5/c1-12-18(22(29)31-4)13(2)24-19(12)21(28)25-15-7-8-16(17(10-15)30-3)26-20(27)14-6-5-9-23-11-14/h5-11,24H,1-4H3,(H,25,28)(H,26,27). The number of hydrogen-bond donors (Lipinski definition) is 3. The first-order valence-electron chi connectivity index (χ1n) is 9.34. The van der Waals surface area contributed by atoms with Gasteiger partial charge in [0.15, 0.2) is 0 Å². The van der Waals surface area contributed by atoms with E-state index in [0.29, 0.717) is 39.5 Å². The maximum absolute atomic E-state index is 12.7. The molecular formula is C22H22N4O5. The van der Waals surface area contributed by atoms with Crippen LogP contribution in [0.1, 0.15) is 42.5 Å². The third-order valence-corrected chi connectivity index (χ3v) is 4.69.